The van der Waals surface area contributed by atoms with Gasteiger partial charge in [-0.1, -0.05) is 6.07 Å². The van der Waals surface area contributed by atoms with Crippen molar-refractivity contribution >= 4 is 41.8 Å². The Hall–Kier alpha value is -1.91. The van der Waals surface area contributed by atoms with Gasteiger partial charge in [-0.2, -0.15) is 0 Å². The van der Waals surface area contributed by atoms with Gasteiger partial charge >= 0.3 is 0 Å². The van der Waals surface area contributed by atoms with E-state index in [2.05, 4.69) is 20.6 Å². The average molecular weight is 518 g/mol. The van der Waals surface area contributed by atoms with Crippen LogP contribution in [0.1, 0.15) is 32.9 Å². The second-order valence-electron chi connectivity index (χ2n) is 6.32. The van der Waals surface area contributed by atoms with Gasteiger partial charge in [-0.3, -0.25) is 14.6 Å². The lowest BCUT2D eigenvalue weighted by Crippen LogP contribution is -2.41. The first-order valence-corrected chi connectivity index (χ1v) is 9.95. The summed E-state index contributed by atoms with van der Waals surface area (Å²) >= 11 is 0. The number of nitrogens with one attached hydrogen (secondary N) is 2. The smallest absolute Gasteiger partial charge is 0.244 e. The van der Waals surface area contributed by atoms with Gasteiger partial charge in [-0.15, -0.1) is 24.0 Å². The van der Waals surface area contributed by atoms with E-state index in [4.69, 9.17) is 0 Å². The highest BCUT2D eigenvalue weighted by atomic mass is 127. The molecule has 0 aromatic carbocycles. The van der Waals surface area contributed by atoms with Crippen molar-refractivity contribution in [1.82, 2.24) is 25.4 Å². The molecule has 29 heavy (non-hydrogen) atoms. The number of carbonyl (C=O) groups is 2. The van der Waals surface area contributed by atoms with E-state index in [0.29, 0.717) is 51.5 Å². The molecule has 8 nitrogen and oxygen atoms in total. The Balaban J connectivity index is 0.00000784. The number of rotatable bonds is 11. The van der Waals surface area contributed by atoms with Crippen LogP contribution in [-0.4, -0.2) is 78.9 Å². The SMILES string of the molecule is CCNC(=NCC(=O)N(C)CCc1ccccn1)NCCC(=O)N(CC)CC.I. The molecule has 0 atom stereocenters. The number of hydrogen-bond donors (Lipinski definition) is 2. The lowest BCUT2D eigenvalue weighted by atomic mass is 10.2. The minimum atomic E-state index is -0.0626. The average Bonchev–Trinajstić information content (AvgIpc) is 2.71. The fraction of sp³-hybridized carbons (Fsp3) is 0.600. The van der Waals surface area contributed by atoms with Crippen LogP contribution < -0.4 is 10.6 Å². The van der Waals surface area contributed by atoms with Crippen molar-refractivity contribution < 1.29 is 9.59 Å². The van der Waals surface area contributed by atoms with Gasteiger partial charge in [0.1, 0.15) is 6.54 Å². The van der Waals surface area contributed by atoms with Crippen LogP contribution in [0.2, 0.25) is 0 Å². The molecule has 0 spiro atoms. The minimum Gasteiger partial charge on any atom is -0.357 e. The molecule has 1 rings (SSSR count). The minimum absolute atomic E-state index is 0. The molecule has 1 aromatic rings. The Bertz CT molecular complexity index is 623. The van der Waals surface area contributed by atoms with Gasteiger partial charge in [-0.25, -0.2) is 4.99 Å². The number of halogens is 1. The highest BCUT2D eigenvalue weighted by molar-refractivity contribution is 14.0. The number of amides is 2. The van der Waals surface area contributed by atoms with Gasteiger partial charge in [0.05, 0.1) is 0 Å². The van der Waals surface area contributed by atoms with Crippen LogP contribution in [0.15, 0.2) is 29.4 Å². The van der Waals surface area contributed by atoms with E-state index in [1.54, 1.807) is 23.0 Å². The fourth-order valence-electron chi connectivity index (χ4n) is 2.58. The maximum atomic E-state index is 12.3. The number of likely N-dealkylation sites (N-methyl/N-ethyl adjacent to an activating group) is 1. The molecule has 0 aliphatic carbocycles. The molecule has 9 heteroatoms. The van der Waals surface area contributed by atoms with Crippen molar-refractivity contribution in [3.63, 3.8) is 0 Å². The van der Waals surface area contributed by atoms with Gasteiger partial charge in [0.15, 0.2) is 5.96 Å². The van der Waals surface area contributed by atoms with Crippen molar-refractivity contribution in [3.8, 4) is 0 Å². The predicted molar refractivity (Wildman–Crippen MR) is 128 cm³/mol. The molecule has 0 radical (unpaired) electrons. The third-order valence-corrected chi connectivity index (χ3v) is 4.32. The zero-order chi connectivity index (χ0) is 20.8. The lowest BCUT2D eigenvalue weighted by Gasteiger charge is -2.19. The Morgan fingerprint density at radius 3 is 2.41 bits per heavy atom. The second kappa shape index (κ2) is 15.9. The zero-order valence-electron chi connectivity index (χ0n) is 18.0. The van der Waals surface area contributed by atoms with Crippen LogP contribution in [0, 0.1) is 0 Å². The van der Waals surface area contributed by atoms with E-state index in [-0.39, 0.29) is 42.3 Å². The molecule has 1 heterocycles. The van der Waals surface area contributed by atoms with Gasteiger partial charge in [0.25, 0.3) is 0 Å². The van der Waals surface area contributed by atoms with Crippen LogP contribution in [0.5, 0.6) is 0 Å². The van der Waals surface area contributed by atoms with E-state index in [0.717, 1.165) is 5.69 Å². The Morgan fingerprint density at radius 2 is 1.83 bits per heavy atom. The Labute approximate surface area is 191 Å². The fourth-order valence-corrected chi connectivity index (χ4v) is 2.58. The molecular weight excluding hydrogens is 483 g/mol. The summed E-state index contributed by atoms with van der Waals surface area (Å²) in [4.78, 5) is 36.4. The number of hydrogen-bond acceptors (Lipinski definition) is 4. The lowest BCUT2D eigenvalue weighted by molar-refractivity contribution is -0.130. The van der Waals surface area contributed by atoms with Crippen molar-refractivity contribution in [3.05, 3.63) is 30.1 Å². The quantitative estimate of drug-likeness (QED) is 0.264. The van der Waals surface area contributed by atoms with Crippen LogP contribution in [0.25, 0.3) is 0 Å². The molecule has 0 unspecified atom stereocenters. The van der Waals surface area contributed by atoms with Crippen molar-refractivity contribution in [2.75, 3.05) is 46.3 Å². The van der Waals surface area contributed by atoms with Crippen LogP contribution in [0.3, 0.4) is 0 Å². The first-order chi connectivity index (χ1) is 13.5. The summed E-state index contributed by atoms with van der Waals surface area (Å²) in [6.07, 6.45) is 2.85. The highest BCUT2D eigenvalue weighted by Crippen LogP contribution is 1.97. The van der Waals surface area contributed by atoms with Gasteiger partial charge in [-0.05, 0) is 32.9 Å². The molecule has 0 aliphatic heterocycles. The van der Waals surface area contributed by atoms with E-state index in [9.17, 15) is 9.59 Å². The number of carbonyl (C=O) groups excluding carboxylic acids is 2. The van der Waals surface area contributed by atoms with E-state index >= 15 is 0 Å². The molecule has 0 saturated carbocycles. The Morgan fingerprint density at radius 1 is 1.10 bits per heavy atom. The molecule has 2 amide bonds. The predicted octanol–water partition coefficient (Wildman–Crippen LogP) is 1.51. The maximum Gasteiger partial charge on any atom is 0.244 e. The summed E-state index contributed by atoms with van der Waals surface area (Å²) in [5.74, 6) is 0.590. The highest BCUT2D eigenvalue weighted by Gasteiger charge is 2.11. The van der Waals surface area contributed by atoms with E-state index < -0.39 is 0 Å². The van der Waals surface area contributed by atoms with Crippen LogP contribution in [0.4, 0.5) is 0 Å². The van der Waals surface area contributed by atoms with Gasteiger partial charge in [0.2, 0.25) is 11.8 Å². The van der Waals surface area contributed by atoms with E-state index in [1.807, 2.05) is 39.0 Å². The Kier molecular flexibility index (Phi) is 14.9. The molecule has 0 fully saturated rings. The van der Waals surface area contributed by atoms with Gasteiger partial charge < -0.3 is 20.4 Å². The summed E-state index contributed by atoms with van der Waals surface area (Å²) in [6, 6.07) is 5.76. The number of aliphatic imine (C=N–C) groups is 1. The second-order valence-corrected chi connectivity index (χ2v) is 6.32. The molecule has 0 aliphatic rings. The van der Waals surface area contributed by atoms with Crippen molar-refractivity contribution in [2.24, 2.45) is 4.99 Å². The maximum absolute atomic E-state index is 12.3. The zero-order valence-corrected chi connectivity index (χ0v) is 20.3. The molecule has 0 saturated heterocycles. The number of aromatic nitrogens is 1. The summed E-state index contributed by atoms with van der Waals surface area (Å²) in [7, 11) is 1.77. The standard InChI is InChI=1S/C20H34N6O2.HI/c1-5-21-20(23-14-11-18(27)26(6-2)7-3)24-16-19(28)25(4)15-12-17-10-8-9-13-22-17;/h8-10,13H,5-7,11-12,14-16H2,1-4H3,(H2,21,23,24);1H. The third kappa shape index (κ3) is 11.0. The first kappa shape index (κ1) is 27.1. The van der Waals surface area contributed by atoms with Crippen LogP contribution in [-0.2, 0) is 16.0 Å². The van der Waals surface area contributed by atoms with Crippen molar-refractivity contribution in [2.45, 2.75) is 33.6 Å². The summed E-state index contributed by atoms with van der Waals surface area (Å²) in [5.41, 5.74) is 0.957. The number of pyridine rings is 1. The summed E-state index contributed by atoms with van der Waals surface area (Å²) in [5, 5.41) is 6.22. The number of guanidine groups is 1. The monoisotopic (exact) mass is 518 g/mol. The molecule has 2 N–H and O–H groups in total. The molecule has 0 bridgehead atoms. The van der Waals surface area contributed by atoms with Crippen molar-refractivity contribution in [1.29, 1.82) is 0 Å². The molecular formula is C20H35IN6O2. The van der Waals surface area contributed by atoms with Crippen LogP contribution >= 0.6 is 24.0 Å². The van der Waals surface area contributed by atoms with Gasteiger partial charge in [0, 0.05) is 64.5 Å². The summed E-state index contributed by atoms with van der Waals surface area (Å²) in [6.45, 7) is 9.12. The third-order valence-electron chi connectivity index (χ3n) is 4.32. The number of nitrogens with zero attached hydrogens (tertiary/aromatic N) is 4. The summed E-state index contributed by atoms with van der Waals surface area (Å²) < 4.78 is 0. The normalized spacial score (nSPS) is 10.7. The molecule has 1 aromatic heterocycles. The first-order valence-electron chi connectivity index (χ1n) is 9.95. The topological polar surface area (TPSA) is 89.9 Å². The largest absolute Gasteiger partial charge is 0.357 e. The van der Waals surface area contributed by atoms with E-state index in [1.165, 1.54) is 0 Å². The molecule has 164 valence electrons.